The standard InChI is InChI=1S/C40H43N4O.C36H35N4O.C32H27N4O.3Pt/c1-39(2,3)27-16-17-41-36(21-27)44-34-11-9-8-10-32(34)33-15-14-30(23-35(33)44)45-31-20-28(40(4,5)6)19-29(22-31)43-24-42(7)37-25-12-13-26(18-25)38(37)43;1-36(2,3)25-16-17-37-33(19-25)40-31-11-6-5-10-29(31)30-15-14-28(21-32(30)40)41-27-9-7-8-26(20-27)39-22-38(4)34-23-12-13-24(18-23)35(34)39;1-34-20-35(32-22-13-12-21(17-22)31(32)34)23-7-6-8-24(18-23)37-25-14-15-27-26-9-2-3-10-28(26)36(29(27)19-25)30-11-4-5-16-33-30;;;/h8-11,14-17,19-21,24-26,37-38H,12-13,18H2,1-7H3;5-11,14-17,19,22-24,34-35H,12-13,18H2,1-4H3;2-11,14-16,20-22,31-32H,12-13,17H2,1H3;;;/q3*-3;;;/t25?,26-,37?,38+;23?,24-,34?,35+;21?,22-,31?,32+;;;/m111.../s1/i7D3;4D3;1D3;;;. The van der Waals surface area contributed by atoms with Crippen molar-refractivity contribution >= 4 is 82.5 Å². The van der Waals surface area contributed by atoms with Crippen molar-refractivity contribution in [3.63, 3.8) is 0 Å². The van der Waals surface area contributed by atoms with E-state index in [-0.39, 0.29) is 116 Å². The summed E-state index contributed by atoms with van der Waals surface area (Å²) in [5.41, 5.74) is 11.7. The van der Waals surface area contributed by atoms with E-state index in [9.17, 15) is 0 Å². The molecule has 6 aromatic heterocycles. The Bertz CT molecular complexity index is 6980. The first-order valence-corrected chi connectivity index (χ1v) is 43.8. The predicted molar refractivity (Wildman–Crippen MR) is 493 cm³/mol. The van der Waals surface area contributed by atoms with Crippen molar-refractivity contribution in [2.75, 3.05) is 35.6 Å². The molecule has 6 aliphatic carbocycles. The van der Waals surface area contributed by atoms with Crippen LogP contribution in [-0.2, 0) is 79.4 Å². The fraction of sp³-hybridized carbons (Fsp3) is 0.333. The molecule has 3 saturated heterocycles. The van der Waals surface area contributed by atoms with Gasteiger partial charge in [-0.15, -0.1) is 118 Å². The molecule has 15 nitrogen and oxygen atoms in total. The van der Waals surface area contributed by atoms with Gasteiger partial charge in [-0.3, -0.25) is 0 Å². The van der Waals surface area contributed by atoms with Gasteiger partial charge in [-0.1, -0.05) is 140 Å². The van der Waals surface area contributed by atoms with Gasteiger partial charge >= 0.3 is 0 Å². The summed E-state index contributed by atoms with van der Waals surface area (Å²) in [5, 5.41) is 6.62. The molecule has 15 aromatic rings. The van der Waals surface area contributed by atoms with Crippen molar-refractivity contribution < 1.29 is 89.7 Å². The number of benzene rings is 9. The first kappa shape index (κ1) is 75.5. The van der Waals surface area contributed by atoms with E-state index in [1.807, 2.05) is 110 Å². The Balaban J connectivity index is 0.000000129. The molecule has 6 saturated carbocycles. The van der Waals surface area contributed by atoms with Gasteiger partial charge in [0.05, 0.1) is 0 Å². The van der Waals surface area contributed by atoms with Crippen molar-refractivity contribution in [1.29, 1.82) is 0 Å². The molecule has 9 heterocycles. The van der Waals surface area contributed by atoms with E-state index in [1.54, 1.807) is 34.2 Å². The van der Waals surface area contributed by atoms with Gasteiger partial charge in [0.25, 0.3) is 0 Å². The average molecular weight is 2210 g/mol. The number of ether oxygens (including phenoxy) is 3. The molecule has 9 fully saturated rings. The summed E-state index contributed by atoms with van der Waals surface area (Å²) in [5.74, 6) is 8.70. The molecule has 0 radical (unpaired) electrons. The maximum Gasteiger partial charge on any atom is 0.135 e. The number of hydrogen-bond acceptors (Lipinski definition) is 12. The van der Waals surface area contributed by atoms with Crippen molar-refractivity contribution in [3.05, 3.63) is 292 Å². The van der Waals surface area contributed by atoms with E-state index in [0.717, 1.165) is 163 Å². The zero-order valence-corrected chi connectivity index (χ0v) is 78.7. The summed E-state index contributed by atoms with van der Waals surface area (Å²) in [7, 11) is 0. The van der Waals surface area contributed by atoms with E-state index in [0.29, 0.717) is 70.0 Å². The fourth-order valence-electron chi connectivity index (χ4n) is 22.4. The molecule has 6 unspecified atom stereocenters. The third kappa shape index (κ3) is 15.2. The summed E-state index contributed by atoms with van der Waals surface area (Å²) in [6, 6.07) is 88.8. The Hall–Kier alpha value is -9.43. The van der Waals surface area contributed by atoms with Gasteiger partial charge in [-0.05, 0) is 212 Å². The van der Waals surface area contributed by atoms with Gasteiger partial charge in [0.2, 0.25) is 0 Å². The summed E-state index contributed by atoms with van der Waals surface area (Å²) in [4.78, 5) is 25.5. The molecule has 0 amide bonds. The van der Waals surface area contributed by atoms with Crippen LogP contribution in [0.1, 0.15) is 149 Å². The molecule has 12 atom stereocenters. The summed E-state index contributed by atoms with van der Waals surface area (Å²) < 4.78 is 99.8. The van der Waals surface area contributed by atoms with Crippen LogP contribution in [0.25, 0.3) is 82.9 Å². The number of hydrogen-bond donors (Lipinski definition) is 0. The number of pyridine rings is 3. The molecule has 0 spiro atoms. The first-order chi connectivity index (χ1) is 63.2. The van der Waals surface area contributed by atoms with Crippen LogP contribution >= 0.6 is 0 Å². The van der Waals surface area contributed by atoms with Crippen LogP contribution < -0.4 is 28.9 Å². The predicted octanol–water partition coefficient (Wildman–Crippen LogP) is 23.7. The van der Waals surface area contributed by atoms with E-state index in [4.69, 9.17) is 36.5 Å². The molecule has 9 aliphatic rings. The van der Waals surface area contributed by atoms with Gasteiger partial charge in [0.1, 0.15) is 17.5 Å². The maximum atomic E-state index is 8.33. The van der Waals surface area contributed by atoms with Crippen LogP contribution in [0, 0.1) is 91.9 Å². The Morgan fingerprint density at radius 3 is 1.03 bits per heavy atom. The fourth-order valence-corrected chi connectivity index (χ4v) is 22.4. The Morgan fingerprint density at radius 1 is 0.310 bits per heavy atom. The largest absolute Gasteiger partial charge is 0.525 e. The van der Waals surface area contributed by atoms with Crippen LogP contribution in [-0.4, -0.2) is 101 Å². The van der Waals surface area contributed by atoms with Gasteiger partial charge < -0.3 is 57.3 Å². The van der Waals surface area contributed by atoms with Gasteiger partial charge in [0.15, 0.2) is 0 Å². The average Bonchev–Trinajstić information content (AvgIpc) is 1.56. The van der Waals surface area contributed by atoms with Gasteiger partial charge in [-0.25, -0.2) is 15.0 Å². The molecular weight excluding hydrogens is 2100 g/mol. The van der Waals surface area contributed by atoms with Gasteiger partial charge in [-0.2, -0.15) is 62.5 Å². The zero-order valence-electron chi connectivity index (χ0n) is 80.8. The number of para-hydroxylation sites is 3. The molecule has 0 N–H and O–H groups in total. The van der Waals surface area contributed by atoms with Crippen molar-refractivity contribution in [2.24, 2.45) is 35.5 Å². The SMILES string of the molecule is [2H]C([2H])([2H])N1[CH-]N(c2[c-]c(Oc3[c-]c4c(cc3)c3ccccc3n4-c3cc(C(C)(C)C)ccn3)cc(C(C)(C)C)c2)[C@@H]2C1C1CC[C@@H]2C1.[2H]C([2H])([2H])N1[CH-]N(c2[c-]c(Oc3[c-]c4c(cc3)c3ccccc3n4-c3cc(C(C)(C)C)ccn3)ccc2)[C@@H]2C1C1CC[C@@H]2C1.[2H]C([2H])([2H])N1[CH-]N(c2[c-]c(Oc3[c-]c4c(cc3)c3ccccc3n4-c3ccccn3)ccc2)[C@@H]2C1C1CC[C@@H]2C1.[Pt].[Pt].[Pt]. The van der Waals surface area contributed by atoms with E-state index >= 15 is 0 Å². The minimum Gasteiger partial charge on any atom is -0.525 e. The smallest absolute Gasteiger partial charge is 0.135 e. The molecule has 3 aliphatic heterocycles. The van der Waals surface area contributed by atoms with Crippen LogP contribution in [0.5, 0.6) is 34.5 Å². The Labute approximate surface area is 797 Å². The number of aromatic nitrogens is 6. The third-order valence-corrected chi connectivity index (χ3v) is 28.1. The van der Waals surface area contributed by atoms with Crippen LogP contribution in [0.3, 0.4) is 0 Å². The Kier molecular flexibility index (Phi) is 20.1. The Morgan fingerprint density at radius 2 is 0.651 bits per heavy atom. The number of anilines is 3. The van der Waals surface area contributed by atoms with Crippen LogP contribution in [0.4, 0.5) is 17.1 Å². The molecule has 9 aromatic carbocycles. The molecule has 654 valence electrons. The minimum atomic E-state index is -2.19. The van der Waals surface area contributed by atoms with E-state index in [2.05, 4.69) is 241 Å². The second kappa shape index (κ2) is 33.6. The molecule has 6 bridgehead atoms. The quantitative estimate of drug-likeness (QED) is 0.109. The number of rotatable bonds is 12. The van der Waals surface area contributed by atoms with Crippen molar-refractivity contribution in [3.8, 4) is 52.0 Å². The zero-order chi connectivity index (χ0) is 91.1. The van der Waals surface area contributed by atoms with Crippen LogP contribution in [0.2, 0.25) is 0 Å². The summed E-state index contributed by atoms with van der Waals surface area (Å²) in [6.07, 6.45) is 15.6. The van der Waals surface area contributed by atoms with E-state index < -0.39 is 20.9 Å². The summed E-state index contributed by atoms with van der Waals surface area (Å²) in [6.45, 7) is 18.7. The minimum absolute atomic E-state index is 0. The molecule has 126 heavy (non-hydrogen) atoms. The van der Waals surface area contributed by atoms with Crippen LogP contribution in [0.15, 0.2) is 219 Å². The number of fused-ring (bicyclic) bond motifs is 24. The van der Waals surface area contributed by atoms with E-state index in [1.165, 1.54) is 11.1 Å². The maximum absolute atomic E-state index is 8.33. The number of likely N-dealkylation sites (N-methyl/N-ethyl adjacent to an activating group) is 3. The molecule has 24 rings (SSSR count). The summed E-state index contributed by atoms with van der Waals surface area (Å²) >= 11 is 0. The monoisotopic (exact) mass is 2210 g/mol. The second-order valence-electron chi connectivity index (χ2n) is 38.5. The second-order valence-corrected chi connectivity index (χ2v) is 38.5. The molecule has 18 heteroatoms. The van der Waals surface area contributed by atoms with Crippen molar-refractivity contribution in [1.82, 2.24) is 43.4 Å². The van der Waals surface area contributed by atoms with Gasteiger partial charge in [0, 0.05) is 181 Å². The normalized spacial score (nSPS) is 24.8. The topological polar surface area (TPSA) is 101 Å². The third-order valence-electron chi connectivity index (χ3n) is 28.1. The first-order valence-electron chi connectivity index (χ1n) is 48.3. The van der Waals surface area contributed by atoms with Crippen molar-refractivity contribution in [2.45, 2.75) is 173 Å². The number of nitrogens with zero attached hydrogens (tertiary/aromatic N) is 12. The molecular formula is C108H105N12O3Pt3-9.